The summed E-state index contributed by atoms with van der Waals surface area (Å²) in [5.41, 5.74) is 0.0153. The first-order valence-corrected chi connectivity index (χ1v) is 4.75. The smallest absolute Gasteiger partial charge is 0.251 e. The fourth-order valence-corrected chi connectivity index (χ4v) is 1.26. The second-order valence-electron chi connectivity index (χ2n) is 3.77. The first-order chi connectivity index (χ1) is 6.70. The van der Waals surface area contributed by atoms with Gasteiger partial charge in [0.25, 0.3) is 5.91 Å². The van der Waals surface area contributed by atoms with Crippen LogP contribution in [0.3, 0.4) is 0 Å². The topological polar surface area (TPSA) is 49.3 Å². The van der Waals surface area contributed by atoms with Crippen molar-refractivity contribution in [2.24, 2.45) is 0 Å². The molecule has 0 bridgehead atoms. The highest BCUT2D eigenvalue weighted by atomic mass is 16.3. The van der Waals surface area contributed by atoms with Crippen molar-refractivity contribution < 1.29 is 9.90 Å². The van der Waals surface area contributed by atoms with E-state index in [2.05, 4.69) is 5.32 Å². The average molecular weight is 191 g/mol. The van der Waals surface area contributed by atoms with E-state index in [4.69, 9.17) is 0 Å². The van der Waals surface area contributed by atoms with Crippen LogP contribution in [-0.4, -0.2) is 23.2 Å². The lowest BCUT2D eigenvalue weighted by atomic mass is 10.2. The van der Waals surface area contributed by atoms with Crippen LogP contribution in [0.1, 0.15) is 23.2 Å². The third-order valence-corrected chi connectivity index (χ3v) is 2.44. The number of nitrogens with one attached hydrogen (secondary N) is 1. The van der Waals surface area contributed by atoms with Gasteiger partial charge in [0.1, 0.15) is 0 Å². The van der Waals surface area contributed by atoms with Gasteiger partial charge in [-0.25, -0.2) is 0 Å². The summed E-state index contributed by atoms with van der Waals surface area (Å²) in [6.07, 6.45) is 1.59. The Hall–Kier alpha value is -1.35. The van der Waals surface area contributed by atoms with Gasteiger partial charge in [-0.1, -0.05) is 18.2 Å². The number of rotatable bonds is 3. The minimum absolute atomic E-state index is 0.120. The van der Waals surface area contributed by atoms with E-state index in [0.717, 1.165) is 12.8 Å². The molecule has 0 aliphatic heterocycles. The standard InChI is InChI=1S/C11H13NO2/c13-10(9-4-2-1-3-5-9)12-8-11(14)6-7-11/h1-5,14H,6-8H2,(H,12,13). The van der Waals surface area contributed by atoms with Crippen LogP contribution in [0.25, 0.3) is 0 Å². The van der Waals surface area contributed by atoms with E-state index >= 15 is 0 Å². The lowest BCUT2D eigenvalue weighted by Gasteiger charge is -2.08. The summed E-state index contributed by atoms with van der Waals surface area (Å²) in [6, 6.07) is 9.02. The Labute approximate surface area is 82.8 Å². The predicted molar refractivity (Wildman–Crippen MR) is 53.0 cm³/mol. The lowest BCUT2D eigenvalue weighted by molar-refractivity contribution is 0.0896. The van der Waals surface area contributed by atoms with Crippen molar-refractivity contribution in [2.75, 3.05) is 6.54 Å². The molecule has 14 heavy (non-hydrogen) atoms. The van der Waals surface area contributed by atoms with Crippen molar-refractivity contribution in [3.05, 3.63) is 35.9 Å². The van der Waals surface area contributed by atoms with Crippen LogP contribution in [0.15, 0.2) is 30.3 Å². The van der Waals surface area contributed by atoms with Gasteiger partial charge >= 0.3 is 0 Å². The van der Waals surface area contributed by atoms with E-state index < -0.39 is 5.60 Å². The van der Waals surface area contributed by atoms with E-state index in [1.807, 2.05) is 18.2 Å². The normalized spacial score (nSPS) is 17.5. The van der Waals surface area contributed by atoms with E-state index in [9.17, 15) is 9.90 Å². The van der Waals surface area contributed by atoms with Crippen LogP contribution < -0.4 is 5.32 Å². The first-order valence-electron chi connectivity index (χ1n) is 4.75. The van der Waals surface area contributed by atoms with Crippen LogP contribution in [0.2, 0.25) is 0 Å². The van der Waals surface area contributed by atoms with Gasteiger partial charge in [-0.05, 0) is 25.0 Å². The Balaban J connectivity index is 1.90. The lowest BCUT2D eigenvalue weighted by Crippen LogP contribution is -2.33. The Bertz CT molecular complexity index is 330. The molecule has 0 radical (unpaired) electrons. The van der Waals surface area contributed by atoms with Crippen molar-refractivity contribution in [1.82, 2.24) is 5.32 Å². The van der Waals surface area contributed by atoms with Crippen molar-refractivity contribution in [1.29, 1.82) is 0 Å². The number of amides is 1. The number of hydrogen-bond acceptors (Lipinski definition) is 2. The van der Waals surface area contributed by atoms with Crippen LogP contribution in [-0.2, 0) is 0 Å². The Kier molecular flexibility index (Phi) is 2.25. The SMILES string of the molecule is O=C(NCC1(O)CC1)c1ccccc1. The Morgan fingerprint density at radius 2 is 2.00 bits per heavy atom. The van der Waals surface area contributed by atoms with Crippen molar-refractivity contribution in [3.63, 3.8) is 0 Å². The summed E-state index contributed by atoms with van der Waals surface area (Å²) < 4.78 is 0. The Morgan fingerprint density at radius 3 is 2.57 bits per heavy atom. The minimum atomic E-state index is -0.621. The highest BCUT2D eigenvalue weighted by molar-refractivity contribution is 5.94. The number of aliphatic hydroxyl groups is 1. The number of carbonyl (C=O) groups is 1. The van der Waals surface area contributed by atoms with E-state index in [1.54, 1.807) is 12.1 Å². The molecule has 0 atom stereocenters. The minimum Gasteiger partial charge on any atom is -0.388 e. The maximum absolute atomic E-state index is 11.5. The molecule has 0 unspecified atom stereocenters. The van der Waals surface area contributed by atoms with Gasteiger partial charge in [-0.15, -0.1) is 0 Å². The van der Waals surface area contributed by atoms with Crippen LogP contribution in [0.5, 0.6) is 0 Å². The highest BCUT2D eigenvalue weighted by Gasteiger charge is 2.40. The van der Waals surface area contributed by atoms with Gasteiger partial charge in [0.05, 0.1) is 5.60 Å². The number of benzene rings is 1. The second-order valence-corrected chi connectivity index (χ2v) is 3.77. The van der Waals surface area contributed by atoms with Crippen molar-refractivity contribution >= 4 is 5.91 Å². The summed E-state index contributed by atoms with van der Waals surface area (Å²) in [5, 5.41) is 12.2. The number of hydrogen-bond donors (Lipinski definition) is 2. The number of carbonyl (C=O) groups excluding carboxylic acids is 1. The van der Waals surface area contributed by atoms with Crippen molar-refractivity contribution in [3.8, 4) is 0 Å². The summed E-state index contributed by atoms with van der Waals surface area (Å²) in [4.78, 5) is 11.5. The van der Waals surface area contributed by atoms with Crippen molar-refractivity contribution in [2.45, 2.75) is 18.4 Å². The van der Waals surface area contributed by atoms with Gasteiger partial charge in [-0.3, -0.25) is 4.79 Å². The molecule has 0 aromatic heterocycles. The monoisotopic (exact) mass is 191 g/mol. The maximum Gasteiger partial charge on any atom is 0.251 e. The molecule has 1 saturated carbocycles. The molecular weight excluding hydrogens is 178 g/mol. The molecule has 74 valence electrons. The molecule has 3 heteroatoms. The molecule has 0 saturated heterocycles. The zero-order chi connectivity index (χ0) is 10.0. The molecule has 1 amide bonds. The van der Waals surface area contributed by atoms with E-state index in [-0.39, 0.29) is 5.91 Å². The van der Waals surface area contributed by atoms with Gasteiger partial charge < -0.3 is 10.4 Å². The fraction of sp³-hybridized carbons (Fsp3) is 0.364. The fourth-order valence-electron chi connectivity index (χ4n) is 1.26. The predicted octanol–water partition coefficient (Wildman–Crippen LogP) is 0.941. The quantitative estimate of drug-likeness (QED) is 0.747. The molecule has 1 aliphatic rings. The zero-order valence-corrected chi connectivity index (χ0v) is 7.86. The summed E-state index contributed by atoms with van der Waals surface area (Å²) in [7, 11) is 0. The highest BCUT2D eigenvalue weighted by Crippen LogP contribution is 2.33. The van der Waals surface area contributed by atoms with Gasteiger partial charge in [0.15, 0.2) is 0 Å². The maximum atomic E-state index is 11.5. The molecule has 0 spiro atoms. The Morgan fingerprint density at radius 1 is 1.36 bits per heavy atom. The molecule has 1 fully saturated rings. The largest absolute Gasteiger partial charge is 0.388 e. The average Bonchev–Trinajstić information content (AvgIpc) is 2.95. The van der Waals surface area contributed by atoms with Gasteiger partial charge in [0.2, 0.25) is 0 Å². The van der Waals surface area contributed by atoms with E-state index in [1.165, 1.54) is 0 Å². The molecule has 1 aromatic rings. The van der Waals surface area contributed by atoms with E-state index in [0.29, 0.717) is 12.1 Å². The second kappa shape index (κ2) is 3.42. The first kappa shape index (κ1) is 9.21. The molecule has 1 aromatic carbocycles. The van der Waals surface area contributed by atoms with Gasteiger partial charge in [0, 0.05) is 12.1 Å². The zero-order valence-electron chi connectivity index (χ0n) is 7.86. The molecular formula is C11H13NO2. The molecule has 0 heterocycles. The van der Waals surface area contributed by atoms with Crippen LogP contribution in [0, 0.1) is 0 Å². The van der Waals surface area contributed by atoms with Crippen LogP contribution in [0.4, 0.5) is 0 Å². The summed E-state index contributed by atoms with van der Waals surface area (Å²) in [5.74, 6) is -0.120. The molecule has 1 aliphatic carbocycles. The van der Waals surface area contributed by atoms with Crippen LogP contribution >= 0.6 is 0 Å². The third kappa shape index (κ3) is 2.12. The molecule has 2 rings (SSSR count). The van der Waals surface area contributed by atoms with Gasteiger partial charge in [-0.2, -0.15) is 0 Å². The summed E-state index contributed by atoms with van der Waals surface area (Å²) >= 11 is 0. The molecule has 2 N–H and O–H groups in total. The molecule has 3 nitrogen and oxygen atoms in total. The third-order valence-electron chi connectivity index (χ3n) is 2.44. The summed E-state index contributed by atoms with van der Waals surface area (Å²) in [6.45, 7) is 0.362.